The number of fused-ring (bicyclic) bond motifs is 1. The molecule has 2 heterocycles. The molecule has 0 saturated heterocycles. The summed E-state index contributed by atoms with van der Waals surface area (Å²) in [7, 11) is 0. The van der Waals surface area contributed by atoms with Gasteiger partial charge in [-0.15, -0.1) is 12.3 Å². The standard InChI is InChI=1S/C10H8N2O/c1-2-3-8-4-5-11-10-6-9(13)7-12(8)10/h1,4-6H,3,7H2. The van der Waals surface area contributed by atoms with Crippen LogP contribution in [0.1, 0.15) is 6.42 Å². The van der Waals surface area contributed by atoms with Crippen LogP contribution in [0, 0.1) is 12.3 Å². The predicted octanol–water partition coefficient (Wildman–Crippen LogP) is 0.704. The summed E-state index contributed by atoms with van der Waals surface area (Å²) >= 11 is 0. The minimum atomic E-state index is 0.0805. The molecule has 0 atom stereocenters. The van der Waals surface area contributed by atoms with Crippen molar-refractivity contribution in [2.24, 2.45) is 4.99 Å². The van der Waals surface area contributed by atoms with Crippen LogP contribution in [0.5, 0.6) is 0 Å². The van der Waals surface area contributed by atoms with Crippen LogP contribution in [0.3, 0.4) is 0 Å². The van der Waals surface area contributed by atoms with Crippen LogP contribution < -0.4 is 0 Å². The maximum atomic E-state index is 11.1. The lowest BCUT2D eigenvalue weighted by Gasteiger charge is -2.22. The van der Waals surface area contributed by atoms with Crippen molar-refractivity contribution in [3.05, 3.63) is 23.7 Å². The number of nitrogens with zero attached hydrogens (tertiary/aromatic N) is 2. The van der Waals surface area contributed by atoms with Crippen LogP contribution in [-0.4, -0.2) is 23.4 Å². The summed E-state index contributed by atoms with van der Waals surface area (Å²) < 4.78 is 0. The molecule has 0 saturated carbocycles. The van der Waals surface area contributed by atoms with E-state index in [1.54, 1.807) is 12.3 Å². The lowest BCUT2D eigenvalue weighted by atomic mass is 10.2. The Hall–Kier alpha value is -1.82. The van der Waals surface area contributed by atoms with Gasteiger partial charge in [0.15, 0.2) is 5.78 Å². The molecule has 0 aromatic carbocycles. The SMILES string of the molecule is C#CCC1=CC=NC2=CC(=O)CN12. The Kier molecular flexibility index (Phi) is 1.75. The van der Waals surface area contributed by atoms with Crippen LogP contribution in [0.15, 0.2) is 28.7 Å². The summed E-state index contributed by atoms with van der Waals surface area (Å²) in [6.45, 7) is 0.375. The Labute approximate surface area is 76.4 Å². The van der Waals surface area contributed by atoms with Crippen molar-refractivity contribution in [2.75, 3.05) is 6.54 Å². The maximum absolute atomic E-state index is 11.1. The fourth-order valence-electron chi connectivity index (χ4n) is 1.41. The molecule has 0 aliphatic carbocycles. The van der Waals surface area contributed by atoms with Crippen molar-refractivity contribution in [1.29, 1.82) is 0 Å². The van der Waals surface area contributed by atoms with E-state index in [9.17, 15) is 4.79 Å². The second-order valence-electron chi connectivity index (χ2n) is 2.87. The smallest absolute Gasteiger partial charge is 0.179 e. The number of rotatable bonds is 1. The minimum absolute atomic E-state index is 0.0805. The van der Waals surface area contributed by atoms with Gasteiger partial charge in [0.05, 0.1) is 6.54 Å². The summed E-state index contributed by atoms with van der Waals surface area (Å²) in [5, 5.41) is 0. The number of aliphatic imine (C=N–C) groups is 1. The van der Waals surface area contributed by atoms with Gasteiger partial charge in [-0.3, -0.25) is 4.79 Å². The number of hydrogen-bond acceptors (Lipinski definition) is 3. The molecule has 3 heteroatoms. The number of hydrogen-bond donors (Lipinski definition) is 0. The van der Waals surface area contributed by atoms with E-state index in [1.165, 1.54) is 0 Å². The molecule has 0 radical (unpaired) electrons. The molecule has 3 nitrogen and oxygen atoms in total. The highest BCUT2D eigenvalue weighted by molar-refractivity contribution is 5.96. The second kappa shape index (κ2) is 2.91. The van der Waals surface area contributed by atoms with E-state index in [-0.39, 0.29) is 5.78 Å². The third-order valence-electron chi connectivity index (χ3n) is 1.98. The highest BCUT2D eigenvalue weighted by atomic mass is 16.1. The van der Waals surface area contributed by atoms with Crippen LogP contribution in [0.4, 0.5) is 0 Å². The first-order valence-electron chi connectivity index (χ1n) is 4.00. The number of ketones is 1. The molecule has 0 fully saturated rings. The monoisotopic (exact) mass is 172 g/mol. The first kappa shape index (κ1) is 7.81. The highest BCUT2D eigenvalue weighted by Gasteiger charge is 2.24. The molecule has 2 rings (SSSR count). The van der Waals surface area contributed by atoms with Gasteiger partial charge < -0.3 is 4.90 Å². The van der Waals surface area contributed by atoms with E-state index >= 15 is 0 Å². The normalized spacial score (nSPS) is 19.3. The van der Waals surface area contributed by atoms with E-state index in [1.807, 2.05) is 11.0 Å². The molecule has 0 spiro atoms. The van der Waals surface area contributed by atoms with Crippen molar-refractivity contribution in [3.63, 3.8) is 0 Å². The van der Waals surface area contributed by atoms with Gasteiger partial charge in [-0.05, 0) is 6.08 Å². The first-order chi connectivity index (χ1) is 6.31. The quantitative estimate of drug-likeness (QED) is 0.545. The Bertz CT molecular complexity index is 382. The Morgan fingerprint density at radius 1 is 1.69 bits per heavy atom. The van der Waals surface area contributed by atoms with Crippen molar-refractivity contribution in [1.82, 2.24) is 4.90 Å². The van der Waals surface area contributed by atoms with Gasteiger partial charge in [0.2, 0.25) is 0 Å². The number of carbonyl (C=O) groups is 1. The second-order valence-corrected chi connectivity index (χ2v) is 2.87. The van der Waals surface area contributed by atoms with Crippen LogP contribution in [0.25, 0.3) is 0 Å². The molecule has 0 bridgehead atoms. The van der Waals surface area contributed by atoms with Gasteiger partial charge in [0, 0.05) is 24.4 Å². The third-order valence-corrected chi connectivity index (χ3v) is 1.98. The van der Waals surface area contributed by atoms with E-state index in [0.717, 1.165) is 5.70 Å². The molecule has 0 aromatic rings. The number of terminal acetylenes is 1. The largest absolute Gasteiger partial charge is 0.321 e. The molecule has 13 heavy (non-hydrogen) atoms. The molecule has 2 aliphatic heterocycles. The van der Waals surface area contributed by atoms with Crippen LogP contribution in [0.2, 0.25) is 0 Å². The Balaban J connectivity index is 2.30. The number of carbonyl (C=O) groups excluding carboxylic acids is 1. The zero-order valence-corrected chi connectivity index (χ0v) is 7.03. The fourth-order valence-corrected chi connectivity index (χ4v) is 1.41. The fraction of sp³-hybridized carbons (Fsp3) is 0.200. The summed E-state index contributed by atoms with van der Waals surface area (Å²) in [5.74, 6) is 3.34. The van der Waals surface area contributed by atoms with Gasteiger partial charge in [-0.25, -0.2) is 4.99 Å². The van der Waals surface area contributed by atoms with Crippen molar-refractivity contribution in [2.45, 2.75) is 6.42 Å². The molecule has 0 N–H and O–H groups in total. The van der Waals surface area contributed by atoms with Gasteiger partial charge in [-0.2, -0.15) is 0 Å². The Morgan fingerprint density at radius 3 is 3.31 bits per heavy atom. The zero-order chi connectivity index (χ0) is 9.26. The summed E-state index contributed by atoms with van der Waals surface area (Å²) in [5.41, 5.74) is 0.967. The lowest BCUT2D eigenvalue weighted by molar-refractivity contribution is -0.114. The number of allylic oxidation sites excluding steroid dienone is 2. The minimum Gasteiger partial charge on any atom is -0.321 e. The van der Waals surface area contributed by atoms with E-state index in [4.69, 9.17) is 6.42 Å². The Morgan fingerprint density at radius 2 is 2.54 bits per heavy atom. The van der Waals surface area contributed by atoms with E-state index in [2.05, 4.69) is 10.9 Å². The summed E-state index contributed by atoms with van der Waals surface area (Å²) in [6.07, 6.45) is 10.8. The molecule has 2 aliphatic rings. The van der Waals surface area contributed by atoms with Crippen molar-refractivity contribution in [3.8, 4) is 12.3 Å². The van der Waals surface area contributed by atoms with Crippen LogP contribution >= 0.6 is 0 Å². The van der Waals surface area contributed by atoms with Gasteiger partial charge in [0.25, 0.3) is 0 Å². The third kappa shape index (κ3) is 1.27. The van der Waals surface area contributed by atoms with E-state index < -0.39 is 0 Å². The van der Waals surface area contributed by atoms with Crippen molar-refractivity contribution >= 4 is 12.0 Å². The molecule has 0 unspecified atom stereocenters. The summed E-state index contributed by atoms with van der Waals surface area (Å²) in [6, 6.07) is 0. The van der Waals surface area contributed by atoms with Gasteiger partial charge in [0.1, 0.15) is 5.82 Å². The summed E-state index contributed by atoms with van der Waals surface area (Å²) in [4.78, 5) is 17.0. The average Bonchev–Trinajstić information content (AvgIpc) is 2.47. The molecular weight excluding hydrogens is 164 g/mol. The van der Waals surface area contributed by atoms with Crippen LogP contribution in [-0.2, 0) is 4.79 Å². The first-order valence-corrected chi connectivity index (χ1v) is 4.00. The molecule has 0 amide bonds. The zero-order valence-electron chi connectivity index (χ0n) is 7.03. The van der Waals surface area contributed by atoms with Gasteiger partial charge in [-0.1, -0.05) is 0 Å². The topological polar surface area (TPSA) is 32.7 Å². The average molecular weight is 172 g/mol. The van der Waals surface area contributed by atoms with Crippen molar-refractivity contribution < 1.29 is 4.79 Å². The predicted molar refractivity (Wildman–Crippen MR) is 49.8 cm³/mol. The van der Waals surface area contributed by atoms with E-state index in [0.29, 0.717) is 18.8 Å². The molecular formula is C10H8N2O. The maximum Gasteiger partial charge on any atom is 0.179 e. The lowest BCUT2D eigenvalue weighted by Crippen LogP contribution is -2.22. The van der Waals surface area contributed by atoms with Gasteiger partial charge >= 0.3 is 0 Å². The molecule has 64 valence electrons. The highest BCUT2D eigenvalue weighted by Crippen LogP contribution is 2.23. The molecule has 0 aromatic heterocycles.